The summed E-state index contributed by atoms with van der Waals surface area (Å²) in [5.41, 5.74) is 4.19. The van der Waals surface area contributed by atoms with Gasteiger partial charge in [0.05, 0.1) is 0 Å². The molecule has 9 heteroatoms. The minimum absolute atomic E-state index is 0. The first kappa shape index (κ1) is 18.8. The molecule has 1 aromatic rings. The van der Waals surface area contributed by atoms with Crippen LogP contribution in [-0.4, -0.2) is 39.5 Å². The van der Waals surface area contributed by atoms with Crippen molar-refractivity contribution >= 4 is 18.3 Å². The van der Waals surface area contributed by atoms with E-state index in [-0.39, 0.29) is 30.6 Å². The summed E-state index contributed by atoms with van der Waals surface area (Å²) in [7, 11) is 1.64. The van der Waals surface area contributed by atoms with E-state index in [1.165, 1.54) is 9.47 Å². The molecule has 2 N–H and O–H groups in total. The highest BCUT2D eigenvalue weighted by Crippen LogP contribution is 2.32. The van der Waals surface area contributed by atoms with Crippen LogP contribution < -0.4 is 5.73 Å². The monoisotopic (exact) mass is 340 g/mol. The Balaban J connectivity index is 0.00000242. The molecule has 5 nitrogen and oxygen atoms in total. The van der Waals surface area contributed by atoms with Crippen LogP contribution in [0.4, 0.5) is 13.2 Å². The number of likely N-dealkylation sites (N-methyl/N-ethyl adjacent to an activating group) is 1. The quantitative estimate of drug-likeness (QED) is 0.915. The molecule has 126 valence electrons. The molecule has 0 spiro atoms. The predicted molar refractivity (Wildman–Crippen MR) is 77.7 cm³/mol. The topological polar surface area (TPSA) is 64.2 Å². The van der Waals surface area contributed by atoms with Crippen molar-refractivity contribution in [2.75, 3.05) is 13.6 Å². The van der Waals surface area contributed by atoms with E-state index in [4.69, 9.17) is 5.73 Å². The Hall–Kier alpha value is -1.28. The Morgan fingerprint density at radius 3 is 2.41 bits per heavy atom. The van der Waals surface area contributed by atoms with Gasteiger partial charge in [0, 0.05) is 31.7 Å². The molecule has 2 rings (SSSR count). The Morgan fingerprint density at radius 1 is 1.41 bits per heavy atom. The lowest BCUT2D eigenvalue weighted by Gasteiger charge is -2.20. The molecule has 1 amide bonds. The first-order valence-electron chi connectivity index (χ1n) is 6.68. The van der Waals surface area contributed by atoms with E-state index in [1.54, 1.807) is 20.9 Å². The maximum absolute atomic E-state index is 12.9. The van der Waals surface area contributed by atoms with Crippen LogP contribution in [0.2, 0.25) is 0 Å². The SMILES string of the molecule is CN1CCC(n2cc(C(F)(F)F)nc2CC(C)(C)N)C1=O.Cl. The van der Waals surface area contributed by atoms with Crippen molar-refractivity contribution in [3.05, 3.63) is 17.7 Å². The Bertz CT molecular complexity index is 550. The van der Waals surface area contributed by atoms with Gasteiger partial charge in [-0.15, -0.1) is 12.4 Å². The third-order valence-electron chi connectivity index (χ3n) is 3.45. The van der Waals surface area contributed by atoms with Crippen molar-refractivity contribution in [1.29, 1.82) is 0 Å². The number of aromatic nitrogens is 2. The van der Waals surface area contributed by atoms with Gasteiger partial charge in [0.1, 0.15) is 11.9 Å². The number of carbonyl (C=O) groups is 1. The number of carbonyl (C=O) groups excluding carboxylic acids is 1. The summed E-state index contributed by atoms with van der Waals surface area (Å²) in [4.78, 5) is 17.2. The number of hydrogen-bond acceptors (Lipinski definition) is 3. The molecule has 2 heterocycles. The first-order chi connectivity index (χ1) is 9.49. The summed E-state index contributed by atoms with van der Waals surface area (Å²) in [5, 5.41) is 0. The van der Waals surface area contributed by atoms with Crippen LogP contribution in [0.25, 0.3) is 0 Å². The van der Waals surface area contributed by atoms with E-state index in [0.29, 0.717) is 13.0 Å². The second-order valence-corrected chi connectivity index (χ2v) is 6.18. The Labute approximate surface area is 133 Å². The van der Waals surface area contributed by atoms with Crippen molar-refractivity contribution in [1.82, 2.24) is 14.5 Å². The van der Waals surface area contributed by atoms with Crippen LogP contribution in [0, 0.1) is 0 Å². The molecule has 0 saturated carbocycles. The number of nitrogens with zero attached hydrogens (tertiary/aromatic N) is 3. The van der Waals surface area contributed by atoms with Crippen molar-refractivity contribution in [3.8, 4) is 0 Å². The van der Waals surface area contributed by atoms with Crippen LogP contribution in [0.3, 0.4) is 0 Å². The summed E-state index contributed by atoms with van der Waals surface area (Å²) in [6.07, 6.45) is -2.98. The van der Waals surface area contributed by atoms with Crippen LogP contribution in [0.15, 0.2) is 6.20 Å². The van der Waals surface area contributed by atoms with Gasteiger partial charge in [0.2, 0.25) is 5.91 Å². The third kappa shape index (κ3) is 3.92. The minimum Gasteiger partial charge on any atom is -0.344 e. The van der Waals surface area contributed by atoms with Crippen molar-refractivity contribution in [2.45, 2.75) is 44.4 Å². The second kappa shape index (κ2) is 6.08. The molecule has 1 saturated heterocycles. The van der Waals surface area contributed by atoms with Gasteiger partial charge in [0.25, 0.3) is 0 Å². The summed E-state index contributed by atoms with van der Waals surface area (Å²) in [5.74, 6) is 0.000627. The predicted octanol–water partition coefficient (Wildman–Crippen LogP) is 2.01. The fraction of sp³-hybridized carbons (Fsp3) is 0.692. The molecule has 1 aliphatic rings. The summed E-state index contributed by atoms with van der Waals surface area (Å²) < 4.78 is 40.0. The highest BCUT2D eigenvalue weighted by atomic mass is 35.5. The number of alkyl halides is 3. The summed E-state index contributed by atoms with van der Waals surface area (Å²) in [6, 6.07) is -0.629. The van der Waals surface area contributed by atoms with Crippen LogP contribution >= 0.6 is 12.4 Å². The van der Waals surface area contributed by atoms with Gasteiger partial charge in [-0.1, -0.05) is 0 Å². The first-order valence-corrected chi connectivity index (χ1v) is 6.68. The van der Waals surface area contributed by atoms with Gasteiger partial charge >= 0.3 is 6.18 Å². The molecule has 1 aliphatic heterocycles. The minimum atomic E-state index is -4.54. The lowest BCUT2D eigenvalue weighted by Crippen LogP contribution is -2.36. The van der Waals surface area contributed by atoms with Gasteiger partial charge in [-0.25, -0.2) is 4.98 Å². The number of halogens is 4. The zero-order valence-electron chi connectivity index (χ0n) is 12.6. The van der Waals surface area contributed by atoms with Crippen LogP contribution in [-0.2, 0) is 17.4 Å². The molecule has 1 aromatic heterocycles. The third-order valence-corrected chi connectivity index (χ3v) is 3.45. The summed E-state index contributed by atoms with van der Waals surface area (Å²) in [6.45, 7) is 3.94. The van der Waals surface area contributed by atoms with Crippen molar-refractivity contribution < 1.29 is 18.0 Å². The highest BCUT2D eigenvalue weighted by molar-refractivity contribution is 5.85. The number of imidazole rings is 1. The maximum Gasteiger partial charge on any atom is 0.434 e. The maximum atomic E-state index is 12.9. The molecule has 1 unspecified atom stereocenters. The van der Waals surface area contributed by atoms with E-state index < -0.39 is 23.5 Å². The fourth-order valence-electron chi connectivity index (χ4n) is 2.44. The molecule has 1 atom stereocenters. The average Bonchev–Trinajstić information content (AvgIpc) is 2.82. The molecule has 1 fully saturated rings. The number of nitrogens with two attached hydrogens (primary N) is 1. The van der Waals surface area contributed by atoms with Gasteiger partial charge in [0.15, 0.2) is 5.69 Å². The molecule has 0 aromatic carbocycles. The highest BCUT2D eigenvalue weighted by Gasteiger charge is 2.39. The van der Waals surface area contributed by atoms with Gasteiger partial charge < -0.3 is 15.2 Å². The molecular weight excluding hydrogens is 321 g/mol. The van der Waals surface area contributed by atoms with Crippen molar-refractivity contribution in [2.24, 2.45) is 5.73 Å². The fourth-order valence-corrected chi connectivity index (χ4v) is 2.44. The second-order valence-electron chi connectivity index (χ2n) is 6.18. The average molecular weight is 341 g/mol. The lowest BCUT2D eigenvalue weighted by molar-refractivity contribution is -0.141. The van der Waals surface area contributed by atoms with Crippen LogP contribution in [0.5, 0.6) is 0 Å². The molecular formula is C13H20ClF3N4O. The number of likely N-dealkylation sites (tertiary alicyclic amines) is 1. The Morgan fingerprint density at radius 2 is 2.00 bits per heavy atom. The summed E-state index contributed by atoms with van der Waals surface area (Å²) >= 11 is 0. The van der Waals surface area contributed by atoms with E-state index in [2.05, 4.69) is 4.98 Å². The molecule has 0 radical (unpaired) electrons. The number of rotatable bonds is 3. The largest absolute Gasteiger partial charge is 0.434 e. The van der Waals surface area contributed by atoms with E-state index in [1.807, 2.05) is 0 Å². The number of hydrogen-bond donors (Lipinski definition) is 1. The molecule has 0 aliphatic carbocycles. The van der Waals surface area contributed by atoms with Crippen LogP contribution in [0.1, 0.15) is 37.8 Å². The van der Waals surface area contributed by atoms with E-state index in [9.17, 15) is 18.0 Å². The van der Waals surface area contributed by atoms with E-state index >= 15 is 0 Å². The smallest absolute Gasteiger partial charge is 0.344 e. The standard InChI is InChI=1S/C13H19F3N4O.ClH/c1-12(2,17)6-10-18-9(13(14,15)16)7-20(10)8-4-5-19(3)11(8)21;/h7-8H,4-6,17H2,1-3H3;1H. The van der Waals surface area contributed by atoms with Gasteiger partial charge in [-0.3, -0.25) is 4.79 Å². The number of amides is 1. The van der Waals surface area contributed by atoms with Gasteiger partial charge in [-0.2, -0.15) is 13.2 Å². The lowest BCUT2D eigenvalue weighted by atomic mass is 10.0. The Kier molecular flexibility index (Phi) is 5.18. The normalized spacial score (nSPS) is 19.5. The van der Waals surface area contributed by atoms with Gasteiger partial charge in [-0.05, 0) is 20.3 Å². The molecule has 22 heavy (non-hydrogen) atoms. The van der Waals surface area contributed by atoms with Crippen molar-refractivity contribution in [3.63, 3.8) is 0 Å². The zero-order valence-corrected chi connectivity index (χ0v) is 13.5. The molecule has 0 bridgehead atoms. The zero-order chi connectivity index (χ0) is 16.0. The van der Waals surface area contributed by atoms with E-state index in [0.717, 1.165) is 6.20 Å².